The zero-order valence-corrected chi connectivity index (χ0v) is 11.9. The summed E-state index contributed by atoms with van der Waals surface area (Å²) in [6, 6.07) is 5.93. The number of alkyl halides is 3. The standard InChI is InChI=1S/C16H12F5NO/c1-9(13-6-5-12(17)8-14(13)18)22-15(23)10-3-2-4-11(7-10)16(19,20)21/h2-9H,1H3,(H,22,23). The molecule has 1 amide bonds. The fourth-order valence-electron chi connectivity index (χ4n) is 2.05. The molecule has 0 aliphatic carbocycles. The molecule has 0 aliphatic rings. The Morgan fingerprint density at radius 3 is 2.39 bits per heavy atom. The van der Waals surface area contributed by atoms with Crippen LogP contribution in [-0.2, 0) is 6.18 Å². The Kier molecular flexibility index (Phi) is 4.68. The summed E-state index contributed by atoms with van der Waals surface area (Å²) in [4.78, 5) is 12.0. The molecule has 2 aromatic carbocycles. The Balaban J connectivity index is 2.18. The van der Waals surface area contributed by atoms with E-state index in [2.05, 4.69) is 5.32 Å². The molecule has 0 radical (unpaired) electrons. The highest BCUT2D eigenvalue weighted by atomic mass is 19.4. The van der Waals surface area contributed by atoms with Crippen LogP contribution in [0.3, 0.4) is 0 Å². The number of carbonyl (C=O) groups excluding carboxylic acids is 1. The molecule has 1 atom stereocenters. The van der Waals surface area contributed by atoms with Crippen LogP contribution < -0.4 is 5.32 Å². The SMILES string of the molecule is CC(NC(=O)c1cccc(C(F)(F)F)c1)c1ccc(F)cc1F. The molecule has 0 aromatic heterocycles. The van der Waals surface area contributed by atoms with Gasteiger partial charge in [0.2, 0.25) is 0 Å². The lowest BCUT2D eigenvalue weighted by atomic mass is 10.1. The van der Waals surface area contributed by atoms with Gasteiger partial charge in [0.05, 0.1) is 11.6 Å². The van der Waals surface area contributed by atoms with Gasteiger partial charge in [-0.25, -0.2) is 8.78 Å². The van der Waals surface area contributed by atoms with Crippen LogP contribution >= 0.6 is 0 Å². The minimum atomic E-state index is -4.56. The van der Waals surface area contributed by atoms with Crippen LogP contribution in [0.1, 0.15) is 34.5 Å². The Labute approximate surface area is 128 Å². The maximum Gasteiger partial charge on any atom is 0.416 e. The summed E-state index contributed by atoms with van der Waals surface area (Å²) in [5, 5.41) is 2.38. The lowest BCUT2D eigenvalue weighted by Gasteiger charge is -2.16. The molecule has 2 rings (SSSR count). The van der Waals surface area contributed by atoms with Crippen molar-refractivity contribution < 1.29 is 26.7 Å². The second-order valence-corrected chi connectivity index (χ2v) is 4.94. The van der Waals surface area contributed by atoms with Crippen molar-refractivity contribution in [3.8, 4) is 0 Å². The first-order valence-electron chi connectivity index (χ1n) is 6.61. The Morgan fingerprint density at radius 1 is 1.09 bits per heavy atom. The van der Waals surface area contributed by atoms with E-state index in [0.717, 1.165) is 18.2 Å². The van der Waals surface area contributed by atoms with Crippen LogP contribution in [0.25, 0.3) is 0 Å². The molecule has 0 saturated heterocycles. The fraction of sp³-hybridized carbons (Fsp3) is 0.188. The third-order valence-corrected chi connectivity index (χ3v) is 3.23. The van der Waals surface area contributed by atoms with Crippen LogP contribution in [-0.4, -0.2) is 5.91 Å². The van der Waals surface area contributed by atoms with Gasteiger partial charge >= 0.3 is 6.18 Å². The molecule has 0 bridgehead atoms. The number of hydrogen-bond donors (Lipinski definition) is 1. The highest BCUT2D eigenvalue weighted by Crippen LogP contribution is 2.29. The van der Waals surface area contributed by atoms with E-state index in [1.165, 1.54) is 19.1 Å². The van der Waals surface area contributed by atoms with Gasteiger partial charge in [0, 0.05) is 17.2 Å². The van der Waals surface area contributed by atoms with Gasteiger partial charge in [-0.05, 0) is 31.2 Å². The Hall–Kier alpha value is -2.44. The minimum absolute atomic E-state index is 0.0340. The molecule has 0 heterocycles. The monoisotopic (exact) mass is 329 g/mol. The van der Waals surface area contributed by atoms with Gasteiger partial charge in [0.15, 0.2) is 0 Å². The van der Waals surface area contributed by atoms with E-state index in [1.54, 1.807) is 0 Å². The largest absolute Gasteiger partial charge is 0.416 e. The highest BCUT2D eigenvalue weighted by Gasteiger charge is 2.31. The van der Waals surface area contributed by atoms with Gasteiger partial charge < -0.3 is 5.32 Å². The molecular formula is C16H12F5NO. The second kappa shape index (κ2) is 6.36. The van der Waals surface area contributed by atoms with E-state index in [-0.39, 0.29) is 11.1 Å². The van der Waals surface area contributed by atoms with E-state index in [0.29, 0.717) is 12.1 Å². The third kappa shape index (κ3) is 4.06. The summed E-state index contributed by atoms with van der Waals surface area (Å²) in [5.74, 6) is -2.39. The maximum absolute atomic E-state index is 13.6. The van der Waals surface area contributed by atoms with Crippen molar-refractivity contribution in [2.75, 3.05) is 0 Å². The first kappa shape index (κ1) is 16.9. The molecular weight excluding hydrogens is 317 g/mol. The molecule has 0 aliphatic heterocycles. The number of benzene rings is 2. The van der Waals surface area contributed by atoms with Gasteiger partial charge in [-0.3, -0.25) is 4.79 Å². The predicted octanol–water partition coefficient (Wildman–Crippen LogP) is 4.47. The van der Waals surface area contributed by atoms with Crippen LogP contribution in [0.5, 0.6) is 0 Å². The summed E-state index contributed by atoms with van der Waals surface area (Å²) in [7, 11) is 0. The van der Waals surface area contributed by atoms with Crippen LogP contribution in [0, 0.1) is 11.6 Å². The Bertz CT molecular complexity index is 727. The number of halogens is 5. The quantitative estimate of drug-likeness (QED) is 0.827. The molecule has 1 unspecified atom stereocenters. The summed E-state index contributed by atoms with van der Waals surface area (Å²) in [6.45, 7) is 1.45. The topological polar surface area (TPSA) is 29.1 Å². The molecule has 0 fully saturated rings. The summed E-state index contributed by atoms with van der Waals surface area (Å²) in [6.07, 6.45) is -4.56. The van der Waals surface area contributed by atoms with Crippen LogP contribution in [0.2, 0.25) is 0 Å². The Morgan fingerprint density at radius 2 is 1.78 bits per heavy atom. The van der Waals surface area contributed by atoms with E-state index in [1.807, 2.05) is 0 Å². The van der Waals surface area contributed by atoms with Crippen molar-refractivity contribution >= 4 is 5.91 Å². The molecule has 0 spiro atoms. The van der Waals surface area contributed by atoms with Gasteiger partial charge in [-0.15, -0.1) is 0 Å². The molecule has 1 N–H and O–H groups in total. The summed E-state index contributed by atoms with van der Waals surface area (Å²) < 4.78 is 64.4. The van der Waals surface area contributed by atoms with Crippen molar-refractivity contribution in [3.63, 3.8) is 0 Å². The molecule has 122 valence electrons. The van der Waals surface area contributed by atoms with Crippen molar-refractivity contribution in [1.82, 2.24) is 5.32 Å². The highest BCUT2D eigenvalue weighted by molar-refractivity contribution is 5.94. The van der Waals surface area contributed by atoms with Crippen LogP contribution in [0.15, 0.2) is 42.5 Å². The van der Waals surface area contributed by atoms with E-state index < -0.39 is 35.3 Å². The van der Waals surface area contributed by atoms with Crippen molar-refractivity contribution in [2.45, 2.75) is 19.1 Å². The molecule has 23 heavy (non-hydrogen) atoms. The minimum Gasteiger partial charge on any atom is -0.345 e. The number of nitrogens with one attached hydrogen (secondary N) is 1. The van der Waals surface area contributed by atoms with Gasteiger partial charge in [0.1, 0.15) is 11.6 Å². The zero-order chi connectivity index (χ0) is 17.2. The average molecular weight is 329 g/mol. The van der Waals surface area contributed by atoms with Crippen molar-refractivity contribution in [2.24, 2.45) is 0 Å². The number of hydrogen-bond acceptors (Lipinski definition) is 1. The predicted molar refractivity (Wildman–Crippen MR) is 73.7 cm³/mol. The van der Waals surface area contributed by atoms with E-state index in [4.69, 9.17) is 0 Å². The number of amides is 1. The second-order valence-electron chi connectivity index (χ2n) is 4.94. The normalized spacial score (nSPS) is 12.8. The van der Waals surface area contributed by atoms with Gasteiger partial charge in [-0.1, -0.05) is 12.1 Å². The molecule has 2 nitrogen and oxygen atoms in total. The fourth-order valence-corrected chi connectivity index (χ4v) is 2.05. The lowest BCUT2D eigenvalue weighted by Crippen LogP contribution is -2.27. The summed E-state index contributed by atoms with van der Waals surface area (Å²) >= 11 is 0. The third-order valence-electron chi connectivity index (χ3n) is 3.23. The van der Waals surface area contributed by atoms with Gasteiger partial charge in [0.25, 0.3) is 5.91 Å². The average Bonchev–Trinajstić information content (AvgIpc) is 2.46. The first-order valence-corrected chi connectivity index (χ1v) is 6.61. The van der Waals surface area contributed by atoms with Crippen molar-refractivity contribution in [1.29, 1.82) is 0 Å². The number of carbonyl (C=O) groups is 1. The molecule has 7 heteroatoms. The van der Waals surface area contributed by atoms with E-state index >= 15 is 0 Å². The van der Waals surface area contributed by atoms with E-state index in [9.17, 15) is 26.7 Å². The summed E-state index contributed by atoms with van der Waals surface area (Å²) in [5.41, 5.74) is -1.12. The smallest absolute Gasteiger partial charge is 0.345 e. The maximum atomic E-state index is 13.6. The number of rotatable bonds is 3. The lowest BCUT2D eigenvalue weighted by molar-refractivity contribution is -0.137. The zero-order valence-electron chi connectivity index (χ0n) is 11.9. The molecule has 0 saturated carbocycles. The van der Waals surface area contributed by atoms with Gasteiger partial charge in [-0.2, -0.15) is 13.2 Å². The molecule has 2 aromatic rings. The van der Waals surface area contributed by atoms with Crippen LogP contribution in [0.4, 0.5) is 22.0 Å². The first-order chi connectivity index (χ1) is 10.7. The van der Waals surface area contributed by atoms with Crippen molar-refractivity contribution in [3.05, 3.63) is 70.8 Å².